The number of rotatable bonds is 5. The number of aliphatic hydroxyl groups is 1. The van der Waals surface area contributed by atoms with E-state index in [2.05, 4.69) is 44.0 Å². The van der Waals surface area contributed by atoms with E-state index in [0.717, 1.165) is 56.9 Å². The third-order valence-corrected chi connectivity index (χ3v) is 5.14. The summed E-state index contributed by atoms with van der Waals surface area (Å²) in [6, 6.07) is 4.39. The fourth-order valence-corrected chi connectivity index (χ4v) is 3.76. The molecule has 2 aromatic rings. The number of pyridine rings is 1. The van der Waals surface area contributed by atoms with Crippen LogP contribution in [0.3, 0.4) is 0 Å². The lowest BCUT2D eigenvalue weighted by molar-refractivity contribution is 0.0158. The van der Waals surface area contributed by atoms with E-state index in [9.17, 15) is 0 Å². The zero-order chi connectivity index (χ0) is 17.1. The van der Waals surface area contributed by atoms with Crippen LogP contribution in [0.25, 0.3) is 11.2 Å². The van der Waals surface area contributed by atoms with Gasteiger partial charge in [-0.2, -0.15) is 0 Å². The van der Waals surface area contributed by atoms with E-state index >= 15 is 0 Å². The van der Waals surface area contributed by atoms with Crippen molar-refractivity contribution in [2.24, 2.45) is 0 Å². The van der Waals surface area contributed by atoms with Gasteiger partial charge in [0.05, 0.1) is 25.5 Å². The third kappa shape index (κ3) is 3.56. The minimum absolute atomic E-state index is 0.0995. The van der Waals surface area contributed by atoms with Gasteiger partial charge < -0.3 is 20.1 Å². The van der Waals surface area contributed by atoms with Crippen molar-refractivity contribution < 1.29 is 9.84 Å². The maximum Gasteiger partial charge on any atom is 0.138 e. The molecule has 6 heteroatoms. The van der Waals surface area contributed by atoms with Crippen molar-refractivity contribution in [2.45, 2.75) is 25.4 Å². The average Bonchev–Trinajstić information content (AvgIpc) is 3.10. The summed E-state index contributed by atoms with van der Waals surface area (Å²) in [7, 11) is 0. The van der Waals surface area contributed by atoms with Crippen LogP contribution in [0.1, 0.15) is 24.8 Å². The molecule has 0 unspecified atom stereocenters. The van der Waals surface area contributed by atoms with Crippen molar-refractivity contribution in [1.82, 2.24) is 14.7 Å². The molecule has 0 atom stereocenters. The van der Waals surface area contributed by atoms with Crippen LogP contribution in [-0.2, 0) is 4.74 Å². The van der Waals surface area contributed by atoms with Gasteiger partial charge in [0.1, 0.15) is 11.5 Å². The Kier molecular flexibility index (Phi) is 5.01. The Balaban J connectivity index is 1.49. The van der Waals surface area contributed by atoms with E-state index in [-0.39, 0.29) is 12.7 Å². The molecular weight excluding hydrogens is 316 g/mol. The van der Waals surface area contributed by atoms with Gasteiger partial charge in [-0.05, 0) is 49.1 Å². The maximum absolute atomic E-state index is 8.88. The normalized spacial score (nSPS) is 19.4. The molecule has 4 heterocycles. The first kappa shape index (κ1) is 16.6. The lowest BCUT2D eigenvalue weighted by atomic mass is 10.0. The SMILES string of the molecule is OCCOC1CCN(c2cnc3cc(C4=CCNCC4)ccn23)CC1. The summed E-state index contributed by atoms with van der Waals surface area (Å²) in [5.74, 6) is 1.15. The number of aliphatic hydroxyl groups excluding tert-OH is 1. The molecule has 0 amide bonds. The molecule has 2 aromatic heterocycles. The summed E-state index contributed by atoms with van der Waals surface area (Å²) in [4.78, 5) is 7.01. The topological polar surface area (TPSA) is 62.0 Å². The first-order chi connectivity index (χ1) is 12.3. The van der Waals surface area contributed by atoms with E-state index in [1.807, 2.05) is 6.20 Å². The van der Waals surface area contributed by atoms with Crippen LogP contribution < -0.4 is 10.2 Å². The Bertz CT molecular complexity index is 747. The Labute approximate surface area is 148 Å². The maximum atomic E-state index is 8.88. The Morgan fingerprint density at radius 1 is 1.32 bits per heavy atom. The second-order valence-electron chi connectivity index (χ2n) is 6.72. The summed E-state index contributed by atoms with van der Waals surface area (Å²) in [5, 5.41) is 12.2. The number of nitrogens with one attached hydrogen (secondary N) is 1. The van der Waals surface area contributed by atoms with Gasteiger partial charge in [-0.15, -0.1) is 0 Å². The van der Waals surface area contributed by atoms with Crippen LogP contribution in [0.5, 0.6) is 0 Å². The van der Waals surface area contributed by atoms with Crippen molar-refractivity contribution in [2.75, 3.05) is 44.3 Å². The van der Waals surface area contributed by atoms with Crippen LogP contribution in [0.15, 0.2) is 30.6 Å². The number of ether oxygens (including phenoxy) is 1. The zero-order valence-corrected chi connectivity index (χ0v) is 14.5. The van der Waals surface area contributed by atoms with Crippen LogP contribution >= 0.6 is 0 Å². The standard InChI is InChI=1S/C19H26N4O2/c24-11-12-25-17-4-8-22(9-5-17)19-14-21-18-13-16(3-10-23(18)19)15-1-6-20-7-2-15/h1,3,10,13-14,17,20,24H,2,4-9,11-12H2. The van der Waals surface area contributed by atoms with Gasteiger partial charge >= 0.3 is 0 Å². The largest absolute Gasteiger partial charge is 0.394 e. The second-order valence-corrected chi connectivity index (χ2v) is 6.72. The van der Waals surface area contributed by atoms with Gasteiger partial charge in [0.2, 0.25) is 0 Å². The number of fused-ring (bicyclic) bond motifs is 1. The summed E-state index contributed by atoms with van der Waals surface area (Å²) >= 11 is 0. The van der Waals surface area contributed by atoms with E-state index in [0.29, 0.717) is 6.61 Å². The van der Waals surface area contributed by atoms with Gasteiger partial charge in [-0.3, -0.25) is 4.40 Å². The number of hydrogen-bond donors (Lipinski definition) is 2. The molecule has 0 saturated carbocycles. The van der Waals surface area contributed by atoms with E-state index in [1.165, 1.54) is 11.1 Å². The van der Waals surface area contributed by atoms with E-state index in [1.54, 1.807) is 0 Å². The zero-order valence-electron chi connectivity index (χ0n) is 14.5. The Morgan fingerprint density at radius 3 is 2.96 bits per heavy atom. The molecule has 2 aliphatic heterocycles. The highest BCUT2D eigenvalue weighted by atomic mass is 16.5. The summed E-state index contributed by atoms with van der Waals surface area (Å²) in [5.41, 5.74) is 3.69. The second kappa shape index (κ2) is 7.56. The molecule has 134 valence electrons. The molecule has 1 saturated heterocycles. The number of aromatic nitrogens is 2. The van der Waals surface area contributed by atoms with Crippen LogP contribution in [0.4, 0.5) is 5.82 Å². The van der Waals surface area contributed by atoms with Gasteiger partial charge in [0.25, 0.3) is 0 Å². The third-order valence-electron chi connectivity index (χ3n) is 5.14. The molecule has 0 radical (unpaired) electrons. The summed E-state index contributed by atoms with van der Waals surface area (Å²) in [6.45, 7) is 4.46. The molecule has 0 bridgehead atoms. The van der Waals surface area contributed by atoms with Crippen LogP contribution in [-0.4, -0.2) is 60.0 Å². The fraction of sp³-hybridized carbons (Fsp3) is 0.526. The van der Waals surface area contributed by atoms with Crippen molar-refractivity contribution in [3.05, 3.63) is 36.2 Å². The molecular formula is C19H26N4O2. The molecule has 2 aliphatic rings. The lowest BCUT2D eigenvalue weighted by Crippen LogP contribution is -2.38. The number of hydrogen-bond acceptors (Lipinski definition) is 5. The van der Waals surface area contributed by atoms with E-state index < -0.39 is 0 Å². The molecule has 2 N–H and O–H groups in total. The number of piperidine rings is 1. The van der Waals surface area contributed by atoms with Crippen molar-refractivity contribution in [1.29, 1.82) is 0 Å². The number of nitrogens with zero attached hydrogens (tertiary/aromatic N) is 3. The first-order valence-corrected chi connectivity index (χ1v) is 9.20. The predicted molar refractivity (Wildman–Crippen MR) is 98.9 cm³/mol. The highest BCUT2D eigenvalue weighted by Gasteiger charge is 2.22. The van der Waals surface area contributed by atoms with Crippen molar-refractivity contribution in [3.63, 3.8) is 0 Å². The molecule has 1 fully saturated rings. The summed E-state index contributed by atoms with van der Waals surface area (Å²) in [6.07, 6.45) is 9.72. The molecule has 6 nitrogen and oxygen atoms in total. The molecule has 0 spiro atoms. The molecule has 0 aromatic carbocycles. The molecule has 4 rings (SSSR count). The van der Waals surface area contributed by atoms with Gasteiger partial charge in [-0.1, -0.05) is 6.08 Å². The van der Waals surface area contributed by atoms with E-state index in [4.69, 9.17) is 9.84 Å². The van der Waals surface area contributed by atoms with Crippen LogP contribution in [0, 0.1) is 0 Å². The van der Waals surface area contributed by atoms with Gasteiger partial charge in [0, 0.05) is 25.8 Å². The minimum Gasteiger partial charge on any atom is -0.394 e. The molecule has 25 heavy (non-hydrogen) atoms. The smallest absolute Gasteiger partial charge is 0.138 e. The van der Waals surface area contributed by atoms with Crippen LogP contribution in [0.2, 0.25) is 0 Å². The highest BCUT2D eigenvalue weighted by Crippen LogP contribution is 2.26. The quantitative estimate of drug-likeness (QED) is 0.866. The lowest BCUT2D eigenvalue weighted by Gasteiger charge is -2.32. The number of imidazole rings is 1. The van der Waals surface area contributed by atoms with Crippen molar-refractivity contribution >= 4 is 17.0 Å². The predicted octanol–water partition coefficient (Wildman–Crippen LogP) is 1.69. The molecule has 0 aliphatic carbocycles. The Morgan fingerprint density at radius 2 is 2.20 bits per heavy atom. The monoisotopic (exact) mass is 342 g/mol. The Hall–Kier alpha value is -1.89. The summed E-state index contributed by atoms with van der Waals surface area (Å²) < 4.78 is 7.84. The average molecular weight is 342 g/mol. The fourth-order valence-electron chi connectivity index (χ4n) is 3.76. The van der Waals surface area contributed by atoms with Gasteiger partial charge in [-0.25, -0.2) is 4.98 Å². The number of anilines is 1. The van der Waals surface area contributed by atoms with Gasteiger partial charge in [0.15, 0.2) is 0 Å². The highest BCUT2D eigenvalue weighted by molar-refractivity contribution is 5.70. The minimum atomic E-state index is 0.0995. The first-order valence-electron chi connectivity index (χ1n) is 9.20. The van der Waals surface area contributed by atoms with Crippen molar-refractivity contribution in [3.8, 4) is 0 Å².